The molecule has 5 rings (SSSR count). The highest BCUT2D eigenvalue weighted by Crippen LogP contribution is 2.39. The molecule has 1 atom stereocenters. The van der Waals surface area contributed by atoms with E-state index in [2.05, 4.69) is 27.6 Å². The molecule has 1 unspecified atom stereocenters. The number of anilines is 1. The molecule has 0 radical (unpaired) electrons. The van der Waals surface area contributed by atoms with Crippen molar-refractivity contribution in [2.24, 2.45) is 0 Å². The molecule has 1 saturated heterocycles. The fraction of sp³-hybridized carbons (Fsp3) is 0.185. The number of methoxy groups -OCH3 is 1. The third kappa shape index (κ3) is 4.50. The van der Waals surface area contributed by atoms with E-state index in [0.29, 0.717) is 30.5 Å². The lowest BCUT2D eigenvalue weighted by molar-refractivity contribution is -0.125. The first-order valence-corrected chi connectivity index (χ1v) is 11.3. The molecule has 2 aromatic carbocycles. The quantitative estimate of drug-likeness (QED) is 0.414. The predicted molar refractivity (Wildman–Crippen MR) is 134 cm³/mol. The first kappa shape index (κ1) is 22.3. The van der Waals surface area contributed by atoms with Gasteiger partial charge >= 0.3 is 0 Å². The van der Waals surface area contributed by atoms with E-state index in [-0.39, 0.29) is 17.8 Å². The SMILES string of the molecule is C=CC(=O)N1CCC(c2cc(-c3ccc(Oc4ccccn4)cc3OC)cc3cnc(N)nc23)C1. The number of aromatic nitrogens is 3. The number of benzene rings is 2. The molecule has 0 aliphatic carbocycles. The molecule has 0 saturated carbocycles. The number of nitrogens with two attached hydrogens (primary N) is 1. The first-order chi connectivity index (χ1) is 17.1. The summed E-state index contributed by atoms with van der Waals surface area (Å²) in [5, 5.41) is 0.871. The van der Waals surface area contributed by atoms with Gasteiger partial charge in [0, 0.05) is 54.5 Å². The van der Waals surface area contributed by atoms with Crippen molar-refractivity contribution in [3.05, 3.63) is 79.1 Å². The van der Waals surface area contributed by atoms with E-state index in [4.69, 9.17) is 15.2 Å². The summed E-state index contributed by atoms with van der Waals surface area (Å²) < 4.78 is 11.6. The van der Waals surface area contributed by atoms with E-state index in [9.17, 15) is 4.79 Å². The van der Waals surface area contributed by atoms with Gasteiger partial charge in [-0.15, -0.1) is 0 Å². The molecule has 1 amide bonds. The Morgan fingerprint density at radius 1 is 1.20 bits per heavy atom. The highest BCUT2D eigenvalue weighted by atomic mass is 16.5. The van der Waals surface area contributed by atoms with Crippen molar-refractivity contribution in [1.82, 2.24) is 19.9 Å². The van der Waals surface area contributed by atoms with Crippen LogP contribution in [0.5, 0.6) is 17.4 Å². The number of likely N-dealkylation sites (tertiary alicyclic amines) is 1. The van der Waals surface area contributed by atoms with Gasteiger partial charge in [-0.2, -0.15) is 0 Å². The van der Waals surface area contributed by atoms with Crippen LogP contribution in [0.25, 0.3) is 22.0 Å². The van der Waals surface area contributed by atoms with E-state index in [1.165, 1.54) is 6.08 Å². The van der Waals surface area contributed by atoms with E-state index < -0.39 is 0 Å². The molecule has 2 N–H and O–H groups in total. The topological polar surface area (TPSA) is 103 Å². The van der Waals surface area contributed by atoms with Crippen molar-refractivity contribution in [2.45, 2.75) is 12.3 Å². The summed E-state index contributed by atoms with van der Waals surface area (Å²) in [6.45, 7) is 4.88. The fourth-order valence-corrected chi connectivity index (χ4v) is 4.50. The monoisotopic (exact) mass is 467 g/mol. The number of amides is 1. The highest BCUT2D eigenvalue weighted by Gasteiger charge is 2.28. The van der Waals surface area contributed by atoms with Crippen LogP contribution in [-0.4, -0.2) is 46.0 Å². The minimum atomic E-state index is -0.0627. The van der Waals surface area contributed by atoms with Crippen LogP contribution in [0.15, 0.2) is 73.6 Å². The Morgan fingerprint density at radius 3 is 2.86 bits per heavy atom. The first-order valence-electron chi connectivity index (χ1n) is 11.3. The zero-order chi connectivity index (χ0) is 24.4. The molecule has 8 nitrogen and oxygen atoms in total. The van der Waals surface area contributed by atoms with Crippen molar-refractivity contribution < 1.29 is 14.3 Å². The van der Waals surface area contributed by atoms with Crippen LogP contribution >= 0.6 is 0 Å². The molecule has 2 aromatic heterocycles. The van der Waals surface area contributed by atoms with Crippen molar-refractivity contribution in [2.75, 3.05) is 25.9 Å². The molecule has 1 aliphatic heterocycles. The number of rotatable bonds is 6. The van der Waals surface area contributed by atoms with E-state index >= 15 is 0 Å². The predicted octanol–water partition coefficient (Wildman–Crippen LogP) is 4.58. The molecule has 4 aromatic rings. The minimum absolute atomic E-state index is 0.0627. The van der Waals surface area contributed by atoms with Gasteiger partial charge in [0.15, 0.2) is 0 Å². The van der Waals surface area contributed by atoms with Crippen molar-refractivity contribution >= 4 is 22.8 Å². The molecule has 35 heavy (non-hydrogen) atoms. The van der Waals surface area contributed by atoms with Gasteiger partial charge < -0.3 is 20.1 Å². The minimum Gasteiger partial charge on any atom is -0.496 e. The second-order valence-corrected chi connectivity index (χ2v) is 8.34. The van der Waals surface area contributed by atoms with Gasteiger partial charge in [0.1, 0.15) is 11.5 Å². The number of carbonyl (C=O) groups is 1. The number of nitrogens with zero attached hydrogens (tertiary/aromatic N) is 4. The number of ether oxygens (including phenoxy) is 2. The Labute approximate surface area is 203 Å². The number of hydrogen-bond donors (Lipinski definition) is 1. The van der Waals surface area contributed by atoms with Crippen molar-refractivity contribution in [1.29, 1.82) is 0 Å². The summed E-state index contributed by atoms with van der Waals surface area (Å²) >= 11 is 0. The summed E-state index contributed by atoms with van der Waals surface area (Å²) in [5.41, 5.74) is 9.61. The number of hydrogen-bond acceptors (Lipinski definition) is 7. The highest BCUT2D eigenvalue weighted by molar-refractivity contribution is 5.90. The zero-order valence-electron chi connectivity index (χ0n) is 19.3. The van der Waals surface area contributed by atoms with Gasteiger partial charge in [0.25, 0.3) is 0 Å². The van der Waals surface area contributed by atoms with E-state index in [1.807, 2.05) is 41.3 Å². The van der Waals surface area contributed by atoms with E-state index in [0.717, 1.165) is 34.0 Å². The Balaban J connectivity index is 1.56. The van der Waals surface area contributed by atoms with Crippen LogP contribution in [0.1, 0.15) is 17.9 Å². The molecule has 3 heterocycles. The van der Waals surface area contributed by atoms with Crippen LogP contribution in [0.3, 0.4) is 0 Å². The van der Waals surface area contributed by atoms with Gasteiger partial charge in [0.2, 0.25) is 17.7 Å². The lowest BCUT2D eigenvalue weighted by atomic mass is 9.91. The lowest BCUT2D eigenvalue weighted by Crippen LogP contribution is -2.26. The molecule has 1 aliphatic rings. The average molecular weight is 468 g/mol. The van der Waals surface area contributed by atoms with Gasteiger partial charge in [-0.3, -0.25) is 4.79 Å². The third-order valence-corrected chi connectivity index (χ3v) is 6.19. The number of nitrogen functional groups attached to an aromatic ring is 1. The van der Waals surface area contributed by atoms with Crippen LogP contribution in [0.2, 0.25) is 0 Å². The second-order valence-electron chi connectivity index (χ2n) is 8.34. The maximum Gasteiger partial charge on any atom is 0.245 e. The van der Waals surface area contributed by atoms with Gasteiger partial charge in [-0.05, 0) is 54.0 Å². The standard InChI is InChI=1S/C27H25N5O3/c1-3-25(33)32-11-9-17(16-32)22-13-18(12-19-15-30-27(28)31-26(19)22)21-8-7-20(14-23(21)34-2)35-24-6-4-5-10-29-24/h3-8,10,12-15,17H,1,9,11,16H2,2H3,(H2,28,30,31). The normalized spacial score (nSPS) is 15.2. The van der Waals surface area contributed by atoms with Crippen LogP contribution in [-0.2, 0) is 4.79 Å². The summed E-state index contributed by atoms with van der Waals surface area (Å²) in [4.78, 5) is 26.9. The number of pyridine rings is 1. The Bertz CT molecular complexity index is 1410. The number of carbonyl (C=O) groups excluding carboxylic acids is 1. The maximum atomic E-state index is 12.2. The number of fused-ring (bicyclic) bond motifs is 1. The molecule has 8 heteroatoms. The summed E-state index contributed by atoms with van der Waals surface area (Å²) in [7, 11) is 1.63. The fourth-order valence-electron chi connectivity index (χ4n) is 4.50. The van der Waals surface area contributed by atoms with Crippen LogP contribution < -0.4 is 15.2 Å². The maximum absolute atomic E-state index is 12.2. The van der Waals surface area contributed by atoms with Gasteiger partial charge in [0.05, 0.1) is 12.6 Å². The summed E-state index contributed by atoms with van der Waals surface area (Å²) in [5.74, 6) is 2.06. The Kier molecular flexibility index (Phi) is 6.01. The zero-order valence-corrected chi connectivity index (χ0v) is 19.3. The smallest absolute Gasteiger partial charge is 0.245 e. The van der Waals surface area contributed by atoms with Crippen LogP contribution in [0.4, 0.5) is 5.95 Å². The van der Waals surface area contributed by atoms with Gasteiger partial charge in [-0.25, -0.2) is 15.0 Å². The Morgan fingerprint density at radius 2 is 2.09 bits per heavy atom. The van der Waals surface area contributed by atoms with Gasteiger partial charge in [-0.1, -0.05) is 12.6 Å². The van der Waals surface area contributed by atoms with Crippen molar-refractivity contribution in [3.8, 4) is 28.5 Å². The molecule has 176 valence electrons. The Hall–Kier alpha value is -4.46. The molecular weight excluding hydrogens is 442 g/mol. The average Bonchev–Trinajstić information content (AvgIpc) is 3.38. The van der Waals surface area contributed by atoms with Crippen molar-refractivity contribution in [3.63, 3.8) is 0 Å². The second kappa shape index (κ2) is 9.42. The molecular formula is C27H25N5O3. The summed E-state index contributed by atoms with van der Waals surface area (Å²) in [6, 6.07) is 15.3. The molecule has 1 fully saturated rings. The van der Waals surface area contributed by atoms with Crippen LogP contribution in [0, 0.1) is 0 Å². The third-order valence-electron chi connectivity index (χ3n) is 6.19. The lowest BCUT2D eigenvalue weighted by Gasteiger charge is -2.18. The largest absolute Gasteiger partial charge is 0.496 e. The molecule has 0 spiro atoms. The summed E-state index contributed by atoms with van der Waals surface area (Å²) in [6.07, 6.45) is 5.60. The molecule has 0 bridgehead atoms. The van der Waals surface area contributed by atoms with E-state index in [1.54, 1.807) is 25.6 Å².